The van der Waals surface area contributed by atoms with Crippen LogP contribution in [0.25, 0.3) is 0 Å². The van der Waals surface area contributed by atoms with E-state index in [0.29, 0.717) is 13.2 Å². The van der Waals surface area contributed by atoms with Crippen LogP contribution in [0.2, 0.25) is 0 Å². The molecule has 0 radical (unpaired) electrons. The number of aliphatic imine (C=N–C) groups is 1. The number of aromatic nitrogens is 2. The summed E-state index contributed by atoms with van der Waals surface area (Å²) in [6.07, 6.45) is 3.96. The maximum atomic E-state index is 5.85. The maximum Gasteiger partial charge on any atom is 0.193 e. The largest absolute Gasteiger partial charge is 0.492 e. The van der Waals surface area contributed by atoms with Crippen LogP contribution in [0.15, 0.2) is 41.7 Å². The quantitative estimate of drug-likeness (QED) is 0.529. The van der Waals surface area contributed by atoms with Crippen LogP contribution in [0.1, 0.15) is 24.1 Å². The topological polar surface area (TPSA) is 57.9 Å². The number of hydrogen-bond donors (Lipinski definition) is 1. The summed E-state index contributed by atoms with van der Waals surface area (Å²) < 4.78 is 7.68. The Morgan fingerprint density at radius 1 is 1.25 bits per heavy atom. The minimum absolute atomic E-state index is 0.180. The molecule has 0 fully saturated rings. The van der Waals surface area contributed by atoms with Gasteiger partial charge in [0.2, 0.25) is 0 Å². The Hall–Kier alpha value is -2.54. The van der Waals surface area contributed by atoms with E-state index in [1.54, 1.807) is 0 Å². The lowest BCUT2D eigenvalue weighted by atomic mass is 10.1. The first-order valence-corrected chi connectivity index (χ1v) is 9.74. The third kappa shape index (κ3) is 6.56. The smallest absolute Gasteiger partial charge is 0.193 e. The molecule has 1 aromatic carbocycles. The van der Waals surface area contributed by atoms with Gasteiger partial charge in [-0.2, -0.15) is 5.10 Å². The van der Waals surface area contributed by atoms with Crippen molar-refractivity contribution in [1.82, 2.24) is 24.9 Å². The summed E-state index contributed by atoms with van der Waals surface area (Å²) in [7, 11) is 8.11. The van der Waals surface area contributed by atoms with Crippen LogP contribution in [0.4, 0.5) is 0 Å². The molecule has 1 aromatic heterocycles. The first-order chi connectivity index (χ1) is 13.4. The van der Waals surface area contributed by atoms with Crippen LogP contribution in [0.3, 0.4) is 0 Å². The SMILES string of the molecule is CCNC(=NCC(c1cnn(C)c1)N(C)C)N(C)CCOc1ccc(C)cc1. The number of aryl methyl sites for hydroxylation is 2. The van der Waals surface area contributed by atoms with Crippen LogP contribution in [0.5, 0.6) is 5.75 Å². The van der Waals surface area contributed by atoms with Gasteiger partial charge in [-0.3, -0.25) is 9.67 Å². The zero-order chi connectivity index (χ0) is 20.5. The highest BCUT2D eigenvalue weighted by atomic mass is 16.5. The van der Waals surface area contributed by atoms with Gasteiger partial charge in [0.1, 0.15) is 12.4 Å². The van der Waals surface area contributed by atoms with Crippen molar-refractivity contribution >= 4 is 5.96 Å². The predicted molar refractivity (Wildman–Crippen MR) is 115 cm³/mol. The Bertz CT molecular complexity index is 738. The van der Waals surface area contributed by atoms with Crippen molar-refractivity contribution in [3.05, 3.63) is 47.8 Å². The summed E-state index contributed by atoms with van der Waals surface area (Å²) >= 11 is 0. The minimum atomic E-state index is 0.180. The van der Waals surface area contributed by atoms with Crippen molar-refractivity contribution in [2.24, 2.45) is 12.0 Å². The van der Waals surface area contributed by atoms with Gasteiger partial charge < -0.3 is 19.9 Å². The molecule has 0 aliphatic rings. The van der Waals surface area contributed by atoms with Crippen molar-refractivity contribution in [3.63, 3.8) is 0 Å². The number of guanidine groups is 1. The highest BCUT2D eigenvalue weighted by Crippen LogP contribution is 2.17. The number of nitrogens with zero attached hydrogens (tertiary/aromatic N) is 5. The van der Waals surface area contributed by atoms with Gasteiger partial charge in [-0.15, -0.1) is 0 Å². The molecule has 0 amide bonds. The third-order valence-electron chi connectivity index (χ3n) is 4.56. The van der Waals surface area contributed by atoms with E-state index >= 15 is 0 Å². The third-order valence-corrected chi connectivity index (χ3v) is 4.56. The molecule has 0 aliphatic carbocycles. The fraction of sp³-hybridized carbons (Fsp3) is 0.524. The van der Waals surface area contributed by atoms with E-state index in [1.807, 2.05) is 43.3 Å². The molecule has 2 rings (SSSR count). The number of nitrogens with one attached hydrogen (secondary N) is 1. The Kier molecular flexibility index (Phi) is 8.32. The second-order valence-electron chi connectivity index (χ2n) is 7.20. The van der Waals surface area contributed by atoms with Crippen LogP contribution >= 0.6 is 0 Å². The standard InChI is InChI=1S/C21H34N6O/c1-7-22-21(23-15-20(25(3)4)18-14-24-27(6)16-18)26(5)12-13-28-19-10-8-17(2)9-11-19/h8-11,14,16,20H,7,12-13,15H2,1-6H3,(H,22,23). The summed E-state index contributed by atoms with van der Waals surface area (Å²) in [4.78, 5) is 9.13. The van der Waals surface area contributed by atoms with E-state index in [0.717, 1.165) is 30.4 Å². The monoisotopic (exact) mass is 386 g/mol. The number of hydrogen-bond acceptors (Lipinski definition) is 4. The minimum Gasteiger partial charge on any atom is -0.492 e. The molecule has 0 aliphatic heterocycles. The number of benzene rings is 1. The lowest BCUT2D eigenvalue weighted by molar-refractivity contribution is 0.279. The van der Waals surface area contributed by atoms with Crippen molar-refractivity contribution in [2.75, 3.05) is 47.4 Å². The van der Waals surface area contributed by atoms with Gasteiger partial charge in [0.15, 0.2) is 5.96 Å². The predicted octanol–water partition coefficient (Wildman–Crippen LogP) is 2.31. The van der Waals surface area contributed by atoms with Crippen molar-refractivity contribution in [1.29, 1.82) is 0 Å². The highest BCUT2D eigenvalue weighted by molar-refractivity contribution is 5.79. The molecule has 7 nitrogen and oxygen atoms in total. The molecule has 0 bridgehead atoms. The van der Waals surface area contributed by atoms with E-state index in [9.17, 15) is 0 Å². The molecule has 7 heteroatoms. The summed E-state index contributed by atoms with van der Waals surface area (Å²) in [6, 6.07) is 8.31. The normalized spacial score (nSPS) is 12.9. The number of likely N-dealkylation sites (N-methyl/N-ethyl adjacent to an activating group) is 2. The van der Waals surface area contributed by atoms with Crippen LogP contribution in [-0.2, 0) is 7.05 Å². The van der Waals surface area contributed by atoms with Gasteiger partial charge in [0.05, 0.1) is 25.3 Å². The van der Waals surface area contributed by atoms with Gasteiger partial charge >= 0.3 is 0 Å². The van der Waals surface area contributed by atoms with Crippen molar-refractivity contribution in [3.8, 4) is 5.75 Å². The summed E-state index contributed by atoms with van der Waals surface area (Å²) in [5.74, 6) is 1.77. The van der Waals surface area contributed by atoms with E-state index in [-0.39, 0.29) is 6.04 Å². The maximum absolute atomic E-state index is 5.85. The Morgan fingerprint density at radius 3 is 2.54 bits per heavy atom. The van der Waals surface area contributed by atoms with Gasteiger partial charge in [0.25, 0.3) is 0 Å². The van der Waals surface area contributed by atoms with E-state index < -0.39 is 0 Å². The van der Waals surface area contributed by atoms with E-state index in [2.05, 4.69) is 60.3 Å². The first kappa shape index (κ1) is 21.8. The van der Waals surface area contributed by atoms with Gasteiger partial charge in [0, 0.05) is 32.4 Å². The average Bonchev–Trinajstić information content (AvgIpc) is 3.08. The second-order valence-corrected chi connectivity index (χ2v) is 7.20. The van der Waals surface area contributed by atoms with Crippen LogP contribution < -0.4 is 10.1 Å². The second kappa shape index (κ2) is 10.7. The average molecular weight is 387 g/mol. The van der Waals surface area contributed by atoms with E-state index in [4.69, 9.17) is 9.73 Å². The Balaban J connectivity index is 1.96. The van der Waals surface area contributed by atoms with E-state index in [1.165, 1.54) is 5.56 Å². The van der Waals surface area contributed by atoms with Crippen molar-refractivity contribution < 1.29 is 4.74 Å². The molecule has 154 valence electrons. The van der Waals surface area contributed by atoms with Crippen LogP contribution in [0, 0.1) is 6.92 Å². The Morgan fingerprint density at radius 2 is 1.96 bits per heavy atom. The zero-order valence-electron chi connectivity index (χ0n) is 18.0. The number of ether oxygens (including phenoxy) is 1. The summed E-state index contributed by atoms with van der Waals surface area (Å²) in [5, 5.41) is 7.66. The molecular formula is C21H34N6O. The summed E-state index contributed by atoms with van der Waals surface area (Å²) in [5.41, 5.74) is 2.40. The molecule has 0 saturated carbocycles. The number of rotatable bonds is 9. The lowest BCUT2D eigenvalue weighted by Crippen LogP contribution is -2.41. The fourth-order valence-corrected chi connectivity index (χ4v) is 2.86. The van der Waals surface area contributed by atoms with Gasteiger partial charge in [-0.25, -0.2) is 0 Å². The molecule has 1 unspecified atom stereocenters. The molecular weight excluding hydrogens is 352 g/mol. The summed E-state index contributed by atoms with van der Waals surface area (Å²) in [6.45, 7) is 6.98. The van der Waals surface area contributed by atoms with Crippen LogP contribution in [-0.4, -0.2) is 72.9 Å². The molecule has 1 N–H and O–H groups in total. The fourth-order valence-electron chi connectivity index (χ4n) is 2.86. The molecule has 0 saturated heterocycles. The van der Waals surface area contributed by atoms with Crippen molar-refractivity contribution in [2.45, 2.75) is 19.9 Å². The zero-order valence-corrected chi connectivity index (χ0v) is 18.0. The molecule has 0 spiro atoms. The highest BCUT2D eigenvalue weighted by Gasteiger charge is 2.16. The molecule has 2 aromatic rings. The molecule has 1 atom stereocenters. The molecule has 1 heterocycles. The lowest BCUT2D eigenvalue weighted by Gasteiger charge is -2.25. The molecule has 28 heavy (non-hydrogen) atoms. The van der Waals surface area contributed by atoms with Gasteiger partial charge in [-0.05, 0) is 40.1 Å². The van der Waals surface area contributed by atoms with Gasteiger partial charge in [-0.1, -0.05) is 17.7 Å². The Labute approximate surface area is 169 Å². The first-order valence-electron chi connectivity index (χ1n) is 9.74.